The lowest BCUT2D eigenvalue weighted by Gasteiger charge is -2.18. The molecule has 0 aliphatic heterocycles. The smallest absolute Gasteiger partial charge is 0.306 e. The lowest BCUT2D eigenvalue weighted by Crippen LogP contribution is -2.30. The second-order valence-corrected chi connectivity index (χ2v) is 17.3. The van der Waals surface area contributed by atoms with Crippen molar-refractivity contribution in [1.29, 1.82) is 0 Å². The van der Waals surface area contributed by atoms with Crippen molar-refractivity contribution in [2.75, 3.05) is 13.2 Å². The summed E-state index contributed by atoms with van der Waals surface area (Å²) in [7, 11) is 0. The molecule has 0 aromatic rings. The van der Waals surface area contributed by atoms with Crippen molar-refractivity contribution < 1.29 is 28.6 Å². The summed E-state index contributed by atoms with van der Waals surface area (Å²) in [6, 6.07) is 0. The van der Waals surface area contributed by atoms with Gasteiger partial charge in [-0.15, -0.1) is 0 Å². The maximum Gasteiger partial charge on any atom is 0.306 e. The standard InChI is InChI=1S/C50H96O6/c1-5-8-10-12-13-14-15-16-17-18-19-20-21-22-23-27-30-34-37-41-48(51)54-44-47(56-50(53)43-39-32-11-9-6-2)45-55-49(52)42-38-35-31-28-25-24-26-29-33-36-40-46(4)7-3/h46-47H,5-45H2,1-4H3/t46?,47-/m1/s1. The first-order chi connectivity index (χ1) is 27.4. The highest BCUT2D eigenvalue weighted by molar-refractivity contribution is 5.71. The zero-order valence-electron chi connectivity index (χ0n) is 38.1. The molecule has 0 rings (SSSR count). The maximum absolute atomic E-state index is 12.6. The van der Waals surface area contributed by atoms with Gasteiger partial charge in [0.25, 0.3) is 0 Å². The van der Waals surface area contributed by atoms with Crippen molar-refractivity contribution in [3.05, 3.63) is 0 Å². The van der Waals surface area contributed by atoms with Gasteiger partial charge >= 0.3 is 17.9 Å². The highest BCUT2D eigenvalue weighted by Crippen LogP contribution is 2.17. The van der Waals surface area contributed by atoms with Crippen molar-refractivity contribution >= 4 is 17.9 Å². The quantitative estimate of drug-likeness (QED) is 0.0347. The highest BCUT2D eigenvalue weighted by Gasteiger charge is 2.19. The summed E-state index contributed by atoms with van der Waals surface area (Å²) in [6.07, 6.45) is 45.5. The molecule has 0 saturated carbocycles. The number of esters is 3. The maximum atomic E-state index is 12.6. The van der Waals surface area contributed by atoms with Gasteiger partial charge in [0.15, 0.2) is 6.10 Å². The van der Waals surface area contributed by atoms with Gasteiger partial charge < -0.3 is 14.2 Å². The van der Waals surface area contributed by atoms with E-state index in [1.807, 2.05) is 0 Å². The van der Waals surface area contributed by atoms with Gasteiger partial charge in [0.05, 0.1) is 0 Å². The minimum atomic E-state index is -0.758. The van der Waals surface area contributed by atoms with Crippen LogP contribution in [0, 0.1) is 5.92 Å². The van der Waals surface area contributed by atoms with E-state index >= 15 is 0 Å². The van der Waals surface area contributed by atoms with Gasteiger partial charge in [0, 0.05) is 19.3 Å². The lowest BCUT2D eigenvalue weighted by atomic mass is 9.99. The van der Waals surface area contributed by atoms with E-state index in [0.29, 0.717) is 19.3 Å². The number of carbonyl (C=O) groups is 3. The number of ether oxygens (including phenoxy) is 3. The molecule has 0 aromatic heterocycles. The number of hydrogen-bond acceptors (Lipinski definition) is 6. The molecule has 56 heavy (non-hydrogen) atoms. The van der Waals surface area contributed by atoms with Crippen molar-refractivity contribution in [1.82, 2.24) is 0 Å². The second kappa shape index (κ2) is 44.5. The highest BCUT2D eigenvalue weighted by atomic mass is 16.6. The molecule has 1 unspecified atom stereocenters. The van der Waals surface area contributed by atoms with Gasteiger partial charge in [-0.2, -0.15) is 0 Å². The monoisotopic (exact) mass is 793 g/mol. The van der Waals surface area contributed by atoms with Crippen molar-refractivity contribution in [3.8, 4) is 0 Å². The molecule has 0 spiro atoms. The van der Waals surface area contributed by atoms with Crippen LogP contribution >= 0.6 is 0 Å². The Morgan fingerprint density at radius 3 is 0.929 bits per heavy atom. The molecule has 0 heterocycles. The van der Waals surface area contributed by atoms with Crippen LogP contribution in [-0.4, -0.2) is 37.2 Å². The molecule has 0 bridgehead atoms. The molecule has 6 nitrogen and oxygen atoms in total. The van der Waals surface area contributed by atoms with Crippen molar-refractivity contribution in [2.24, 2.45) is 5.92 Å². The van der Waals surface area contributed by atoms with E-state index in [2.05, 4.69) is 27.7 Å². The predicted octanol–water partition coefficient (Wildman–Crippen LogP) is 15.9. The zero-order chi connectivity index (χ0) is 41.0. The SMILES string of the molecule is CCCCCCCCCCCCCCCCCCCCCC(=O)OC[C@H](COC(=O)CCCCCCCCCCCCC(C)CC)OC(=O)CCCCCCC. The average molecular weight is 793 g/mol. The minimum absolute atomic E-state index is 0.0648. The molecule has 0 fully saturated rings. The van der Waals surface area contributed by atoms with Crippen LogP contribution in [0.25, 0.3) is 0 Å². The van der Waals surface area contributed by atoms with Crippen LogP contribution < -0.4 is 0 Å². The fourth-order valence-corrected chi connectivity index (χ4v) is 7.48. The van der Waals surface area contributed by atoms with Crippen LogP contribution in [0.2, 0.25) is 0 Å². The zero-order valence-corrected chi connectivity index (χ0v) is 38.1. The summed E-state index contributed by atoms with van der Waals surface area (Å²) in [5.41, 5.74) is 0. The molecule has 0 aliphatic carbocycles. The van der Waals surface area contributed by atoms with Crippen LogP contribution in [0.4, 0.5) is 0 Å². The molecule has 0 aromatic carbocycles. The van der Waals surface area contributed by atoms with E-state index in [1.54, 1.807) is 0 Å². The minimum Gasteiger partial charge on any atom is -0.462 e. The number of rotatable bonds is 45. The van der Waals surface area contributed by atoms with E-state index in [-0.39, 0.29) is 31.1 Å². The molecule has 332 valence electrons. The molecule has 6 heteroatoms. The first-order valence-electron chi connectivity index (χ1n) is 24.9. The Morgan fingerprint density at radius 1 is 0.357 bits per heavy atom. The van der Waals surface area contributed by atoms with E-state index in [4.69, 9.17) is 14.2 Å². The molecule has 0 amide bonds. The third-order valence-corrected chi connectivity index (χ3v) is 11.7. The Bertz CT molecular complexity index is 843. The summed E-state index contributed by atoms with van der Waals surface area (Å²) < 4.78 is 16.7. The van der Waals surface area contributed by atoms with E-state index in [1.165, 1.54) is 167 Å². The van der Waals surface area contributed by atoms with E-state index < -0.39 is 6.10 Å². The average Bonchev–Trinajstić information content (AvgIpc) is 3.19. The van der Waals surface area contributed by atoms with Crippen LogP contribution in [0.1, 0.15) is 278 Å². The molecular formula is C50H96O6. The van der Waals surface area contributed by atoms with Gasteiger partial charge in [-0.05, 0) is 25.2 Å². The Morgan fingerprint density at radius 2 is 0.625 bits per heavy atom. The summed E-state index contributed by atoms with van der Waals surface area (Å²) in [4.78, 5) is 37.6. The predicted molar refractivity (Wildman–Crippen MR) is 238 cm³/mol. The summed E-state index contributed by atoms with van der Waals surface area (Å²) in [6.45, 7) is 8.96. The molecular weight excluding hydrogens is 697 g/mol. The van der Waals surface area contributed by atoms with Crippen LogP contribution in [0.5, 0.6) is 0 Å². The lowest BCUT2D eigenvalue weighted by molar-refractivity contribution is -0.167. The fraction of sp³-hybridized carbons (Fsp3) is 0.940. The summed E-state index contributed by atoms with van der Waals surface area (Å²) in [5.74, 6) is 0.00574. The third-order valence-electron chi connectivity index (χ3n) is 11.7. The summed E-state index contributed by atoms with van der Waals surface area (Å²) >= 11 is 0. The molecule has 2 atom stereocenters. The van der Waals surface area contributed by atoms with Crippen molar-refractivity contribution in [3.63, 3.8) is 0 Å². The molecule has 0 radical (unpaired) electrons. The van der Waals surface area contributed by atoms with Crippen LogP contribution in [0.3, 0.4) is 0 Å². The fourth-order valence-electron chi connectivity index (χ4n) is 7.48. The number of unbranched alkanes of at least 4 members (excludes halogenated alkanes) is 31. The molecule has 0 aliphatic rings. The van der Waals surface area contributed by atoms with Gasteiger partial charge in [0.2, 0.25) is 0 Å². The number of carbonyl (C=O) groups excluding carboxylic acids is 3. The largest absolute Gasteiger partial charge is 0.462 e. The van der Waals surface area contributed by atoms with Crippen LogP contribution in [-0.2, 0) is 28.6 Å². The van der Waals surface area contributed by atoms with E-state index in [9.17, 15) is 14.4 Å². The Balaban J connectivity index is 4.06. The van der Waals surface area contributed by atoms with E-state index in [0.717, 1.165) is 70.1 Å². The van der Waals surface area contributed by atoms with Gasteiger partial charge in [0.1, 0.15) is 13.2 Å². The Kier molecular flexibility index (Phi) is 43.2. The first kappa shape index (κ1) is 54.4. The van der Waals surface area contributed by atoms with Gasteiger partial charge in [-0.3, -0.25) is 14.4 Å². The Hall–Kier alpha value is -1.59. The van der Waals surface area contributed by atoms with Crippen LogP contribution in [0.15, 0.2) is 0 Å². The number of hydrogen-bond donors (Lipinski definition) is 0. The molecule has 0 N–H and O–H groups in total. The van der Waals surface area contributed by atoms with Gasteiger partial charge in [-0.25, -0.2) is 0 Å². The third kappa shape index (κ3) is 42.0. The second-order valence-electron chi connectivity index (χ2n) is 17.3. The van der Waals surface area contributed by atoms with Gasteiger partial charge in [-0.1, -0.05) is 240 Å². The Labute approximate surface area is 348 Å². The first-order valence-corrected chi connectivity index (χ1v) is 24.9. The van der Waals surface area contributed by atoms with Crippen molar-refractivity contribution in [2.45, 2.75) is 284 Å². The normalized spacial score (nSPS) is 12.4. The summed E-state index contributed by atoms with van der Waals surface area (Å²) in [5, 5.41) is 0. The topological polar surface area (TPSA) is 78.9 Å². The molecule has 0 saturated heterocycles.